The Hall–Kier alpha value is -1.69. The topological polar surface area (TPSA) is 89.9 Å². The smallest absolute Gasteiger partial charge is 0.322 e. The summed E-state index contributed by atoms with van der Waals surface area (Å²) < 4.78 is 10.2. The maximum atomic E-state index is 12.3. The van der Waals surface area contributed by atoms with Crippen LogP contribution in [0.25, 0.3) is 0 Å². The van der Waals surface area contributed by atoms with Gasteiger partial charge >= 0.3 is 11.9 Å². The maximum Gasteiger partial charge on any atom is 0.322 e. The molecule has 0 bridgehead atoms. The van der Waals surface area contributed by atoms with Crippen LogP contribution in [0.3, 0.4) is 0 Å². The minimum Gasteiger partial charge on any atom is -0.481 e. The first-order valence-corrected chi connectivity index (χ1v) is 5.94. The molecule has 1 saturated heterocycles. The molecule has 1 aliphatic rings. The third kappa shape index (κ3) is 2.68. The first-order chi connectivity index (χ1) is 8.75. The van der Waals surface area contributed by atoms with Crippen molar-refractivity contribution in [2.24, 2.45) is 5.41 Å². The fourth-order valence-corrected chi connectivity index (χ4v) is 2.18. The zero-order valence-electron chi connectivity index (χ0n) is 11.3. The number of methoxy groups -OCH3 is 1. The number of carbonyl (C=O) groups excluding carboxylic acids is 2. The Balaban J connectivity index is 3.08. The summed E-state index contributed by atoms with van der Waals surface area (Å²) in [5.41, 5.74) is -1.34. The molecule has 0 aromatic rings. The number of ether oxygens (including phenoxy) is 2. The summed E-state index contributed by atoms with van der Waals surface area (Å²) in [7, 11) is 1.18. The van der Waals surface area contributed by atoms with Crippen molar-refractivity contribution in [3.8, 4) is 0 Å². The zero-order chi connectivity index (χ0) is 14.8. The molecule has 3 atom stereocenters. The van der Waals surface area contributed by atoms with E-state index in [1.807, 2.05) is 0 Å². The number of hydrogen-bond acceptors (Lipinski definition) is 5. The molecule has 1 N–H and O–H groups in total. The van der Waals surface area contributed by atoms with Crippen molar-refractivity contribution in [3.63, 3.8) is 0 Å². The molecule has 1 rings (SSSR count). The number of rotatable bonds is 4. The van der Waals surface area contributed by atoms with Gasteiger partial charge in [0.15, 0.2) is 11.2 Å². The number of esters is 1. The van der Waals surface area contributed by atoms with Crippen molar-refractivity contribution in [1.29, 1.82) is 0 Å². The highest BCUT2D eigenvalue weighted by molar-refractivity contribution is 6.13. The molecular weight excluding hydrogens is 252 g/mol. The summed E-state index contributed by atoms with van der Waals surface area (Å²) in [6.07, 6.45) is -1.50. The van der Waals surface area contributed by atoms with Gasteiger partial charge in [0, 0.05) is 12.0 Å². The maximum absolute atomic E-state index is 12.3. The van der Waals surface area contributed by atoms with Crippen molar-refractivity contribution >= 4 is 17.7 Å². The molecule has 19 heavy (non-hydrogen) atoms. The fourth-order valence-electron chi connectivity index (χ4n) is 2.18. The second-order valence-electron chi connectivity index (χ2n) is 4.75. The van der Waals surface area contributed by atoms with Gasteiger partial charge in [-0.1, -0.05) is 6.58 Å². The van der Waals surface area contributed by atoms with Gasteiger partial charge in [-0.2, -0.15) is 0 Å². The molecule has 0 aromatic heterocycles. The van der Waals surface area contributed by atoms with Crippen LogP contribution >= 0.6 is 0 Å². The Morgan fingerprint density at radius 2 is 2.11 bits per heavy atom. The molecular formula is C13H18O6. The van der Waals surface area contributed by atoms with E-state index < -0.39 is 35.3 Å². The lowest BCUT2D eigenvalue weighted by Gasteiger charge is -2.41. The third-order valence-electron chi connectivity index (χ3n) is 3.50. The van der Waals surface area contributed by atoms with Gasteiger partial charge in [0.05, 0.1) is 19.3 Å². The lowest BCUT2D eigenvalue weighted by molar-refractivity contribution is -0.176. The van der Waals surface area contributed by atoms with Gasteiger partial charge in [-0.3, -0.25) is 14.4 Å². The van der Waals surface area contributed by atoms with Crippen LogP contribution in [-0.2, 0) is 23.9 Å². The highest BCUT2D eigenvalue weighted by atomic mass is 16.5. The Morgan fingerprint density at radius 1 is 1.53 bits per heavy atom. The van der Waals surface area contributed by atoms with Gasteiger partial charge in [-0.25, -0.2) is 0 Å². The average molecular weight is 270 g/mol. The van der Waals surface area contributed by atoms with Crippen molar-refractivity contribution in [2.75, 3.05) is 7.11 Å². The summed E-state index contributed by atoms with van der Waals surface area (Å²) in [4.78, 5) is 34.8. The third-order valence-corrected chi connectivity index (χ3v) is 3.50. The summed E-state index contributed by atoms with van der Waals surface area (Å²) >= 11 is 0. The van der Waals surface area contributed by atoms with Crippen molar-refractivity contribution < 1.29 is 29.0 Å². The van der Waals surface area contributed by atoms with Crippen LogP contribution in [0, 0.1) is 5.41 Å². The lowest BCUT2D eigenvalue weighted by atomic mass is 9.72. The lowest BCUT2D eigenvalue weighted by Crippen LogP contribution is -2.55. The number of Topliss-reactive ketones (excluding diaryl/α,β-unsaturated/α-hetero) is 1. The molecule has 0 aliphatic carbocycles. The number of carboxylic acid groups (broad SMARTS) is 1. The van der Waals surface area contributed by atoms with Gasteiger partial charge < -0.3 is 14.6 Å². The predicted octanol–water partition coefficient (Wildman–Crippen LogP) is 0.943. The molecule has 0 aromatic carbocycles. The van der Waals surface area contributed by atoms with Crippen LogP contribution in [0.2, 0.25) is 0 Å². The van der Waals surface area contributed by atoms with Gasteiger partial charge in [0.25, 0.3) is 0 Å². The number of carbonyl (C=O) groups is 3. The Bertz CT molecular complexity index is 427. The van der Waals surface area contributed by atoms with Crippen LogP contribution < -0.4 is 0 Å². The summed E-state index contributed by atoms with van der Waals surface area (Å²) in [5.74, 6) is -2.20. The largest absolute Gasteiger partial charge is 0.481 e. The van der Waals surface area contributed by atoms with Gasteiger partial charge in [-0.05, 0) is 20.3 Å². The van der Waals surface area contributed by atoms with Crippen LogP contribution in [0.5, 0.6) is 0 Å². The van der Waals surface area contributed by atoms with E-state index >= 15 is 0 Å². The molecule has 1 fully saturated rings. The first kappa shape index (κ1) is 15.4. The molecule has 0 saturated carbocycles. The first-order valence-electron chi connectivity index (χ1n) is 5.94. The van der Waals surface area contributed by atoms with E-state index in [0.29, 0.717) is 0 Å². The zero-order valence-corrected chi connectivity index (χ0v) is 11.3. The second kappa shape index (κ2) is 5.52. The molecule has 3 unspecified atom stereocenters. The average Bonchev–Trinajstić information content (AvgIpc) is 2.37. The number of carboxylic acids is 1. The van der Waals surface area contributed by atoms with E-state index in [-0.39, 0.29) is 18.4 Å². The number of ketones is 1. The van der Waals surface area contributed by atoms with Gasteiger partial charge in [-0.15, -0.1) is 0 Å². The minimum absolute atomic E-state index is 0.0598. The van der Waals surface area contributed by atoms with Crippen LogP contribution in [-0.4, -0.2) is 42.1 Å². The monoisotopic (exact) mass is 270 g/mol. The van der Waals surface area contributed by atoms with E-state index in [4.69, 9.17) is 9.84 Å². The Kier molecular flexibility index (Phi) is 4.47. The fraction of sp³-hybridized carbons (Fsp3) is 0.615. The summed E-state index contributed by atoms with van der Waals surface area (Å²) in [5, 5.41) is 8.72. The molecule has 0 radical (unpaired) electrons. The van der Waals surface area contributed by atoms with Crippen molar-refractivity contribution in [3.05, 3.63) is 12.2 Å². The standard InChI is InChI=1S/C13H18O6/c1-7-8(2)19-9(5-6-10(14)15)13(3,11(7)16)12(17)18-4/h8-9H,1,5-6H2,2-4H3,(H,14,15). The van der Waals surface area contributed by atoms with E-state index in [9.17, 15) is 14.4 Å². The van der Waals surface area contributed by atoms with Crippen LogP contribution in [0.4, 0.5) is 0 Å². The van der Waals surface area contributed by atoms with E-state index in [0.717, 1.165) is 0 Å². The van der Waals surface area contributed by atoms with Gasteiger partial charge in [0.1, 0.15) is 0 Å². The molecule has 1 aliphatic heterocycles. The SMILES string of the molecule is C=C1C(=O)C(C)(C(=O)OC)C(CCC(=O)O)OC1C. The molecule has 1 heterocycles. The number of hydrogen-bond donors (Lipinski definition) is 1. The highest BCUT2D eigenvalue weighted by Crippen LogP contribution is 2.38. The van der Waals surface area contributed by atoms with E-state index in [1.54, 1.807) is 6.92 Å². The predicted molar refractivity (Wildman–Crippen MR) is 65.5 cm³/mol. The molecule has 6 heteroatoms. The molecule has 0 spiro atoms. The highest BCUT2D eigenvalue weighted by Gasteiger charge is 2.54. The summed E-state index contributed by atoms with van der Waals surface area (Å²) in [6.45, 7) is 6.67. The molecule has 0 amide bonds. The second-order valence-corrected chi connectivity index (χ2v) is 4.75. The Morgan fingerprint density at radius 3 is 2.58 bits per heavy atom. The van der Waals surface area contributed by atoms with Crippen molar-refractivity contribution in [1.82, 2.24) is 0 Å². The minimum atomic E-state index is -1.53. The van der Waals surface area contributed by atoms with E-state index in [2.05, 4.69) is 11.3 Å². The Labute approximate surface area is 111 Å². The summed E-state index contributed by atoms with van der Waals surface area (Å²) in [6, 6.07) is 0. The van der Waals surface area contributed by atoms with Gasteiger partial charge in [0.2, 0.25) is 0 Å². The quantitative estimate of drug-likeness (QED) is 0.464. The molecule has 106 valence electrons. The number of aliphatic carboxylic acids is 1. The normalized spacial score (nSPS) is 31.1. The van der Waals surface area contributed by atoms with Crippen LogP contribution in [0.15, 0.2) is 12.2 Å². The molecule has 6 nitrogen and oxygen atoms in total. The van der Waals surface area contributed by atoms with Crippen LogP contribution in [0.1, 0.15) is 26.7 Å². The van der Waals surface area contributed by atoms with Crippen molar-refractivity contribution in [2.45, 2.75) is 38.9 Å². The van der Waals surface area contributed by atoms with E-state index in [1.165, 1.54) is 14.0 Å².